The molecule has 0 aliphatic rings. The van der Waals surface area contributed by atoms with Gasteiger partial charge in [-0.25, -0.2) is 0 Å². The third-order valence-corrected chi connectivity index (χ3v) is 2.59. The maximum atomic E-state index is 9.72. The van der Waals surface area contributed by atoms with Crippen molar-refractivity contribution in [3.8, 4) is 11.5 Å². The molecule has 0 amide bonds. The van der Waals surface area contributed by atoms with E-state index in [1.54, 1.807) is 12.1 Å². The van der Waals surface area contributed by atoms with Gasteiger partial charge in [-0.2, -0.15) is 0 Å². The molecular formula is C13H21NO3. The van der Waals surface area contributed by atoms with Crippen molar-refractivity contribution < 1.29 is 14.9 Å². The summed E-state index contributed by atoms with van der Waals surface area (Å²) in [5.41, 5.74) is 0.770. The van der Waals surface area contributed by atoms with Gasteiger partial charge in [-0.15, -0.1) is 0 Å². The highest BCUT2D eigenvalue weighted by Crippen LogP contribution is 2.27. The van der Waals surface area contributed by atoms with E-state index in [1.807, 2.05) is 20.8 Å². The van der Waals surface area contributed by atoms with Crippen molar-refractivity contribution in [2.75, 3.05) is 13.2 Å². The van der Waals surface area contributed by atoms with E-state index in [9.17, 15) is 10.2 Å². The van der Waals surface area contributed by atoms with Gasteiger partial charge >= 0.3 is 0 Å². The summed E-state index contributed by atoms with van der Waals surface area (Å²) in [5.74, 6) is 0.175. The van der Waals surface area contributed by atoms with E-state index in [0.29, 0.717) is 13.2 Å². The molecule has 96 valence electrons. The van der Waals surface area contributed by atoms with Crippen LogP contribution in [0.1, 0.15) is 32.4 Å². The zero-order chi connectivity index (χ0) is 12.8. The second-order valence-electron chi connectivity index (χ2n) is 4.19. The van der Waals surface area contributed by atoms with Crippen molar-refractivity contribution in [3.63, 3.8) is 0 Å². The number of hydrogen-bond acceptors (Lipinski definition) is 4. The van der Waals surface area contributed by atoms with Gasteiger partial charge in [-0.3, -0.25) is 0 Å². The third kappa shape index (κ3) is 4.24. The van der Waals surface area contributed by atoms with Gasteiger partial charge in [0.2, 0.25) is 0 Å². The molecule has 0 radical (unpaired) electrons. The SMILES string of the molecule is CCOCC(C)NC(C)c1ccc(O)cc1O. The minimum absolute atomic E-state index is 0.00561. The number of aromatic hydroxyl groups is 2. The van der Waals surface area contributed by atoms with E-state index in [1.165, 1.54) is 6.07 Å². The summed E-state index contributed by atoms with van der Waals surface area (Å²) in [4.78, 5) is 0. The summed E-state index contributed by atoms with van der Waals surface area (Å²) in [6.07, 6.45) is 0. The molecule has 2 atom stereocenters. The van der Waals surface area contributed by atoms with Crippen LogP contribution in [0, 0.1) is 0 Å². The molecule has 1 rings (SSSR count). The van der Waals surface area contributed by atoms with Gasteiger partial charge in [0.05, 0.1) is 6.61 Å². The first-order valence-electron chi connectivity index (χ1n) is 5.90. The average Bonchev–Trinajstić information content (AvgIpc) is 2.26. The van der Waals surface area contributed by atoms with Crippen LogP contribution in [0.2, 0.25) is 0 Å². The monoisotopic (exact) mass is 239 g/mol. The van der Waals surface area contributed by atoms with Crippen molar-refractivity contribution in [3.05, 3.63) is 23.8 Å². The van der Waals surface area contributed by atoms with Crippen LogP contribution < -0.4 is 5.32 Å². The van der Waals surface area contributed by atoms with E-state index in [-0.39, 0.29) is 23.6 Å². The molecule has 0 aliphatic carbocycles. The standard InChI is InChI=1S/C13H21NO3/c1-4-17-8-9(2)14-10(3)12-6-5-11(15)7-13(12)16/h5-7,9-10,14-16H,4,8H2,1-3H3. The highest BCUT2D eigenvalue weighted by Gasteiger charge is 2.13. The molecule has 0 heterocycles. The van der Waals surface area contributed by atoms with Crippen LogP contribution in [0.25, 0.3) is 0 Å². The van der Waals surface area contributed by atoms with E-state index < -0.39 is 0 Å². The number of hydrogen-bond donors (Lipinski definition) is 3. The molecule has 0 spiro atoms. The first-order chi connectivity index (χ1) is 8.04. The molecule has 0 saturated heterocycles. The van der Waals surface area contributed by atoms with Crippen LogP contribution in [-0.4, -0.2) is 29.5 Å². The van der Waals surface area contributed by atoms with Gasteiger partial charge in [-0.05, 0) is 26.8 Å². The highest BCUT2D eigenvalue weighted by molar-refractivity contribution is 5.40. The second kappa shape index (κ2) is 6.47. The summed E-state index contributed by atoms with van der Waals surface area (Å²) in [5, 5.41) is 22.3. The normalized spacial score (nSPS) is 14.5. The maximum Gasteiger partial charge on any atom is 0.124 e. The lowest BCUT2D eigenvalue weighted by Crippen LogP contribution is -2.32. The molecule has 0 aliphatic heterocycles. The summed E-state index contributed by atoms with van der Waals surface area (Å²) in [6, 6.07) is 4.85. The van der Waals surface area contributed by atoms with Crippen molar-refractivity contribution in [1.82, 2.24) is 5.32 Å². The maximum absolute atomic E-state index is 9.72. The fourth-order valence-electron chi connectivity index (χ4n) is 1.76. The Labute approximate surface area is 102 Å². The van der Waals surface area contributed by atoms with E-state index in [4.69, 9.17) is 4.74 Å². The summed E-state index contributed by atoms with van der Waals surface area (Å²) < 4.78 is 5.32. The minimum atomic E-state index is 0.00561. The first kappa shape index (κ1) is 13.8. The molecule has 0 saturated carbocycles. The number of ether oxygens (including phenoxy) is 1. The quantitative estimate of drug-likeness (QED) is 0.712. The third-order valence-electron chi connectivity index (χ3n) is 2.59. The molecule has 0 fully saturated rings. The molecule has 1 aromatic rings. The average molecular weight is 239 g/mol. The number of benzene rings is 1. The fourth-order valence-corrected chi connectivity index (χ4v) is 1.76. The Kier molecular flexibility index (Phi) is 5.25. The zero-order valence-electron chi connectivity index (χ0n) is 10.6. The lowest BCUT2D eigenvalue weighted by Gasteiger charge is -2.21. The van der Waals surface area contributed by atoms with Crippen LogP contribution in [0.4, 0.5) is 0 Å². The van der Waals surface area contributed by atoms with Crippen molar-refractivity contribution in [2.24, 2.45) is 0 Å². The minimum Gasteiger partial charge on any atom is -0.508 e. The lowest BCUT2D eigenvalue weighted by atomic mass is 10.1. The Bertz CT molecular complexity index is 355. The van der Waals surface area contributed by atoms with Crippen molar-refractivity contribution in [2.45, 2.75) is 32.9 Å². The molecule has 17 heavy (non-hydrogen) atoms. The highest BCUT2D eigenvalue weighted by atomic mass is 16.5. The van der Waals surface area contributed by atoms with Crippen LogP contribution in [0.15, 0.2) is 18.2 Å². The van der Waals surface area contributed by atoms with E-state index in [0.717, 1.165) is 5.56 Å². The molecule has 1 aromatic carbocycles. The largest absolute Gasteiger partial charge is 0.508 e. The number of nitrogens with one attached hydrogen (secondary N) is 1. The van der Waals surface area contributed by atoms with Gasteiger partial charge in [0.15, 0.2) is 0 Å². The molecular weight excluding hydrogens is 218 g/mol. The molecule has 2 unspecified atom stereocenters. The summed E-state index contributed by atoms with van der Waals surface area (Å²) in [7, 11) is 0. The van der Waals surface area contributed by atoms with Gasteiger partial charge in [0.25, 0.3) is 0 Å². The number of phenols is 2. The first-order valence-corrected chi connectivity index (χ1v) is 5.90. The topological polar surface area (TPSA) is 61.7 Å². The van der Waals surface area contributed by atoms with Gasteiger partial charge in [-0.1, -0.05) is 6.07 Å². The van der Waals surface area contributed by atoms with E-state index in [2.05, 4.69) is 5.32 Å². The number of phenolic OH excluding ortho intramolecular Hbond substituents is 2. The predicted octanol–water partition coefficient (Wildman–Crippen LogP) is 2.17. The fraction of sp³-hybridized carbons (Fsp3) is 0.538. The predicted molar refractivity (Wildman–Crippen MR) is 67.3 cm³/mol. The Morgan fingerprint density at radius 2 is 2.00 bits per heavy atom. The van der Waals surface area contributed by atoms with Crippen LogP contribution in [0.3, 0.4) is 0 Å². The van der Waals surface area contributed by atoms with Gasteiger partial charge in [0.1, 0.15) is 11.5 Å². The van der Waals surface area contributed by atoms with E-state index >= 15 is 0 Å². The smallest absolute Gasteiger partial charge is 0.124 e. The second-order valence-corrected chi connectivity index (χ2v) is 4.19. The lowest BCUT2D eigenvalue weighted by molar-refractivity contribution is 0.124. The van der Waals surface area contributed by atoms with Crippen LogP contribution in [-0.2, 0) is 4.74 Å². The molecule has 4 heteroatoms. The number of rotatable bonds is 6. The Morgan fingerprint density at radius 3 is 2.59 bits per heavy atom. The Morgan fingerprint density at radius 1 is 1.29 bits per heavy atom. The Balaban J connectivity index is 2.60. The molecule has 4 nitrogen and oxygen atoms in total. The van der Waals surface area contributed by atoms with Crippen molar-refractivity contribution >= 4 is 0 Å². The molecule has 0 aromatic heterocycles. The van der Waals surface area contributed by atoms with Gasteiger partial charge < -0.3 is 20.3 Å². The van der Waals surface area contributed by atoms with Crippen LogP contribution >= 0.6 is 0 Å². The molecule has 3 N–H and O–H groups in total. The van der Waals surface area contributed by atoms with Crippen LogP contribution in [0.5, 0.6) is 11.5 Å². The zero-order valence-corrected chi connectivity index (χ0v) is 10.6. The Hall–Kier alpha value is -1.26. The van der Waals surface area contributed by atoms with Gasteiger partial charge in [0, 0.05) is 30.3 Å². The summed E-state index contributed by atoms with van der Waals surface area (Å²) in [6.45, 7) is 7.30. The summed E-state index contributed by atoms with van der Waals surface area (Å²) >= 11 is 0. The van der Waals surface area contributed by atoms with Crippen molar-refractivity contribution in [1.29, 1.82) is 0 Å². The molecule has 0 bridgehead atoms.